The van der Waals surface area contributed by atoms with Gasteiger partial charge in [-0.2, -0.15) is 5.26 Å². The molecule has 4 heteroatoms. The molecule has 3 nitrogen and oxygen atoms in total. The normalized spacial score (nSPS) is 18.4. The van der Waals surface area contributed by atoms with Crippen LogP contribution in [0.2, 0.25) is 5.02 Å². The van der Waals surface area contributed by atoms with E-state index >= 15 is 0 Å². The molecule has 1 N–H and O–H groups in total. The highest BCUT2D eigenvalue weighted by atomic mass is 35.5. The second-order valence-corrected chi connectivity index (χ2v) is 3.74. The summed E-state index contributed by atoms with van der Waals surface area (Å²) in [6.07, 6.45) is 0. The van der Waals surface area contributed by atoms with Gasteiger partial charge in [-0.3, -0.25) is 0 Å². The minimum Gasteiger partial charge on any atom is -0.380 e. The van der Waals surface area contributed by atoms with Crippen LogP contribution in [0.5, 0.6) is 0 Å². The van der Waals surface area contributed by atoms with Gasteiger partial charge in [-0.05, 0) is 18.2 Å². The molecule has 0 radical (unpaired) electrons. The summed E-state index contributed by atoms with van der Waals surface area (Å²) in [5, 5.41) is 19.1. The van der Waals surface area contributed by atoms with Crippen LogP contribution >= 0.6 is 11.6 Å². The molecular weight excluding hydrogens is 202 g/mol. The third kappa shape index (κ3) is 1.38. The summed E-state index contributed by atoms with van der Waals surface area (Å²) < 4.78 is 4.93. The molecule has 1 fully saturated rings. The first-order valence-corrected chi connectivity index (χ1v) is 4.54. The largest absolute Gasteiger partial charge is 0.380 e. The van der Waals surface area contributed by atoms with Gasteiger partial charge in [0.05, 0.1) is 24.8 Å². The highest BCUT2D eigenvalue weighted by molar-refractivity contribution is 6.31. The maximum atomic E-state index is 9.96. The van der Waals surface area contributed by atoms with E-state index in [1.165, 1.54) is 0 Å². The molecule has 0 atom stereocenters. The Hall–Kier alpha value is -1.08. The van der Waals surface area contributed by atoms with Gasteiger partial charge in [-0.1, -0.05) is 11.6 Å². The third-order valence-corrected chi connectivity index (χ3v) is 2.61. The maximum absolute atomic E-state index is 9.96. The van der Waals surface area contributed by atoms with Crippen LogP contribution in [0.25, 0.3) is 0 Å². The van der Waals surface area contributed by atoms with Crippen molar-refractivity contribution >= 4 is 11.6 Å². The number of rotatable bonds is 1. The molecule has 1 saturated heterocycles. The molecule has 0 aromatic heterocycles. The van der Waals surface area contributed by atoms with Crippen LogP contribution < -0.4 is 0 Å². The van der Waals surface area contributed by atoms with E-state index in [0.717, 1.165) is 0 Å². The van der Waals surface area contributed by atoms with Crippen LogP contribution in [-0.4, -0.2) is 18.3 Å². The Balaban J connectivity index is 2.46. The zero-order valence-corrected chi connectivity index (χ0v) is 8.08. The Morgan fingerprint density at radius 3 is 2.71 bits per heavy atom. The summed E-state index contributed by atoms with van der Waals surface area (Å²) >= 11 is 5.93. The van der Waals surface area contributed by atoms with Gasteiger partial charge in [0.15, 0.2) is 0 Å². The van der Waals surface area contributed by atoms with E-state index in [2.05, 4.69) is 0 Å². The number of nitrogens with zero attached hydrogens (tertiary/aromatic N) is 1. The average molecular weight is 210 g/mol. The fourth-order valence-electron chi connectivity index (χ4n) is 1.40. The quantitative estimate of drug-likeness (QED) is 0.761. The molecule has 2 rings (SSSR count). The second-order valence-electron chi connectivity index (χ2n) is 3.33. The standard InChI is InChI=1S/C10H8ClNO2/c11-9-2-1-7(4-12)3-8(9)10(13)5-14-6-10/h1-3,13H,5-6H2. The van der Waals surface area contributed by atoms with Crippen molar-refractivity contribution in [3.05, 3.63) is 34.3 Å². The molecule has 72 valence electrons. The number of benzene rings is 1. The zero-order valence-electron chi connectivity index (χ0n) is 7.33. The van der Waals surface area contributed by atoms with Gasteiger partial charge in [0.1, 0.15) is 5.60 Å². The number of halogens is 1. The van der Waals surface area contributed by atoms with Crippen molar-refractivity contribution in [1.29, 1.82) is 5.26 Å². The van der Waals surface area contributed by atoms with Crippen LogP contribution in [0, 0.1) is 11.3 Å². The second kappa shape index (κ2) is 3.25. The Kier molecular flexibility index (Phi) is 2.20. The van der Waals surface area contributed by atoms with Crippen molar-refractivity contribution in [2.24, 2.45) is 0 Å². The SMILES string of the molecule is N#Cc1ccc(Cl)c(C2(O)COC2)c1. The van der Waals surface area contributed by atoms with Gasteiger partial charge in [-0.25, -0.2) is 0 Å². The van der Waals surface area contributed by atoms with E-state index in [1.807, 2.05) is 6.07 Å². The van der Waals surface area contributed by atoms with Crippen LogP contribution in [0.4, 0.5) is 0 Å². The molecule has 0 unspecified atom stereocenters. The Bertz CT molecular complexity index is 407. The van der Waals surface area contributed by atoms with Gasteiger partial charge in [-0.15, -0.1) is 0 Å². The van der Waals surface area contributed by atoms with Crippen LogP contribution in [0.15, 0.2) is 18.2 Å². The summed E-state index contributed by atoms with van der Waals surface area (Å²) in [5.41, 5.74) is 0.0541. The molecule has 0 bridgehead atoms. The van der Waals surface area contributed by atoms with E-state index in [9.17, 15) is 5.11 Å². The van der Waals surface area contributed by atoms with Crippen molar-refractivity contribution in [3.63, 3.8) is 0 Å². The first-order chi connectivity index (χ1) is 6.65. The Labute approximate surface area is 86.5 Å². The molecule has 0 aliphatic carbocycles. The van der Waals surface area contributed by atoms with Gasteiger partial charge >= 0.3 is 0 Å². The molecule has 1 aromatic carbocycles. The number of hydrogen-bond donors (Lipinski definition) is 1. The third-order valence-electron chi connectivity index (χ3n) is 2.28. The zero-order chi connectivity index (χ0) is 10.2. The summed E-state index contributed by atoms with van der Waals surface area (Å²) in [7, 11) is 0. The minimum atomic E-state index is -1.01. The molecule has 1 aliphatic heterocycles. The number of nitriles is 1. The predicted molar refractivity (Wildman–Crippen MR) is 50.9 cm³/mol. The van der Waals surface area contributed by atoms with Crippen molar-refractivity contribution in [3.8, 4) is 6.07 Å². The van der Waals surface area contributed by atoms with E-state index in [1.54, 1.807) is 18.2 Å². The lowest BCUT2D eigenvalue weighted by atomic mass is 9.91. The number of hydrogen-bond acceptors (Lipinski definition) is 3. The molecular formula is C10H8ClNO2. The number of aliphatic hydroxyl groups is 1. The van der Waals surface area contributed by atoms with Gasteiger partial charge in [0, 0.05) is 10.6 Å². The first-order valence-electron chi connectivity index (χ1n) is 4.16. The Morgan fingerprint density at radius 2 is 2.21 bits per heavy atom. The molecule has 1 heterocycles. The van der Waals surface area contributed by atoms with Gasteiger partial charge in [0.25, 0.3) is 0 Å². The summed E-state index contributed by atoms with van der Waals surface area (Å²) in [6, 6.07) is 6.84. The smallest absolute Gasteiger partial charge is 0.137 e. The highest BCUT2D eigenvalue weighted by Gasteiger charge is 2.39. The van der Waals surface area contributed by atoms with E-state index in [4.69, 9.17) is 21.6 Å². The lowest BCUT2D eigenvalue weighted by molar-refractivity contribution is -0.184. The van der Waals surface area contributed by atoms with Gasteiger partial charge in [0.2, 0.25) is 0 Å². The van der Waals surface area contributed by atoms with Gasteiger partial charge < -0.3 is 9.84 Å². The lowest BCUT2D eigenvalue weighted by Crippen LogP contribution is -2.46. The van der Waals surface area contributed by atoms with Crippen LogP contribution in [-0.2, 0) is 10.3 Å². The fourth-order valence-corrected chi connectivity index (χ4v) is 1.70. The number of ether oxygens (including phenoxy) is 1. The van der Waals surface area contributed by atoms with E-state index in [-0.39, 0.29) is 13.2 Å². The monoisotopic (exact) mass is 209 g/mol. The summed E-state index contributed by atoms with van der Waals surface area (Å²) in [6.45, 7) is 0.475. The predicted octanol–water partition coefficient (Wildman–Crippen LogP) is 1.43. The summed E-state index contributed by atoms with van der Waals surface area (Å²) in [4.78, 5) is 0. The molecule has 1 aliphatic rings. The topological polar surface area (TPSA) is 53.2 Å². The van der Waals surface area contributed by atoms with E-state index in [0.29, 0.717) is 16.1 Å². The average Bonchev–Trinajstić information content (AvgIpc) is 2.15. The van der Waals surface area contributed by atoms with Crippen molar-refractivity contribution < 1.29 is 9.84 Å². The van der Waals surface area contributed by atoms with E-state index < -0.39 is 5.60 Å². The van der Waals surface area contributed by atoms with Crippen molar-refractivity contribution in [1.82, 2.24) is 0 Å². The highest BCUT2D eigenvalue weighted by Crippen LogP contribution is 2.34. The molecule has 14 heavy (non-hydrogen) atoms. The molecule has 1 aromatic rings. The lowest BCUT2D eigenvalue weighted by Gasteiger charge is -2.37. The summed E-state index contributed by atoms with van der Waals surface area (Å²) in [5.74, 6) is 0. The molecule has 0 saturated carbocycles. The first kappa shape index (κ1) is 9.47. The fraction of sp³-hybridized carbons (Fsp3) is 0.300. The van der Waals surface area contributed by atoms with Crippen LogP contribution in [0.1, 0.15) is 11.1 Å². The Morgan fingerprint density at radius 1 is 1.50 bits per heavy atom. The molecule has 0 spiro atoms. The van der Waals surface area contributed by atoms with Crippen molar-refractivity contribution in [2.45, 2.75) is 5.60 Å². The minimum absolute atomic E-state index is 0.238. The maximum Gasteiger partial charge on any atom is 0.137 e. The van der Waals surface area contributed by atoms with Crippen molar-refractivity contribution in [2.75, 3.05) is 13.2 Å². The van der Waals surface area contributed by atoms with Crippen LogP contribution in [0.3, 0.4) is 0 Å². The molecule has 0 amide bonds.